The molecule has 0 saturated heterocycles. The van der Waals surface area contributed by atoms with Crippen molar-refractivity contribution in [2.45, 2.75) is 5.88 Å². The zero-order valence-corrected chi connectivity index (χ0v) is 11.8. The minimum absolute atomic E-state index is 0.572. The summed E-state index contributed by atoms with van der Waals surface area (Å²) < 4.78 is 3.70. The molecular formula is C9H5BrClIS. The van der Waals surface area contributed by atoms with E-state index in [-0.39, 0.29) is 0 Å². The Hall–Kier alpha value is 0.680. The van der Waals surface area contributed by atoms with Gasteiger partial charge < -0.3 is 0 Å². The highest BCUT2D eigenvalue weighted by molar-refractivity contribution is 14.1. The van der Waals surface area contributed by atoms with E-state index >= 15 is 0 Å². The van der Waals surface area contributed by atoms with E-state index < -0.39 is 0 Å². The van der Waals surface area contributed by atoms with Crippen LogP contribution in [0.1, 0.15) is 5.56 Å². The quantitative estimate of drug-likeness (QED) is 0.477. The molecule has 0 aliphatic heterocycles. The van der Waals surface area contributed by atoms with Gasteiger partial charge in [-0.15, -0.1) is 22.9 Å². The Balaban J connectivity index is 2.85. The van der Waals surface area contributed by atoms with Gasteiger partial charge in [-0.2, -0.15) is 0 Å². The summed E-state index contributed by atoms with van der Waals surface area (Å²) in [5.41, 5.74) is 1.21. The molecular weight excluding hydrogens is 382 g/mol. The lowest BCUT2D eigenvalue weighted by molar-refractivity contribution is 1.44. The Morgan fingerprint density at radius 1 is 1.46 bits per heavy atom. The van der Waals surface area contributed by atoms with E-state index in [9.17, 15) is 0 Å². The molecule has 0 nitrogen and oxygen atoms in total. The predicted octanol–water partition coefficient (Wildman–Crippen LogP) is 5.01. The molecule has 2 aromatic rings. The van der Waals surface area contributed by atoms with Crippen molar-refractivity contribution in [3.05, 3.63) is 31.1 Å². The highest BCUT2D eigenvalue weighted by Crippen LogP contribution is 2.33. The highest BCUT2D eigenvalue weighted by Gasteiger charge is 2.07. The van der Waals surface area contributed by atoms with Crippen molar-refractivity contribution in [1.29, 1.82) is 0 Å². The van der Waals surface area contributed by atoms with Gasteiger partial charge in [0, 0.05) is 29.4 Å². The van der Waals surface area contributed by atoms with Crippen molar-refractivity contribution >= 4 is 71.5 Å². The average molecular weight is 387 g/mol. The van der Waals surface area contributed by atoms with Crippen molar-refractivity contribution in [3.8, 4) is 0 Å². The van der Waals surface area contributed by atoms with Crippen molar-refractivity contribution in [2.75, 3.05) is 0 Å². The summed E-state index contributed by atoms with van der Waals surface area (Å²) >= 11 is 13.5. The monoisotopic (exact) mass is 386 g/mol. The summed E-state index contributed by atoms with van der Waals surface area (Å²) in [6.45, 7) is 0. The second-order valence-electron chi connectivity index (χ2n) is 2.66. The predicted molar refractivity (Wildman–Crippen MR) is 71.8 cm³/mol. The zero-order valence-electron chi connectivity index (χ0n) is 6.48. The fourth-order valence-corrected chi connectivity index (χ4v) is 4.25. The van der Waals surface area contributed by atoms with Crippen LogP contribution in [0.3, 0.4) is 0 Å². The van der Waals surface area contributed by atoms with Crippen molar-refractivity contribution in [3.63, 3.8) is 0 Å². The third-order valence-electron chi connectivity index (χ3n) is 1.82. The molecule has 0 saturated carbocycles. The van der Waals surface area contributed by atoms with E-state index in [4.69, 9.17) is 11.6 Å². The van der Waals surface area contributed by atoms with Gasteiger partial charge in [-0.25, -0.2) is 0 Å². The van der Waals surface area contributed by atoms with Crippen LogP contribution in [0.4, 0.5) is 0 Å². The largest absolute Gasteiger partial charge is 0.143 e. The third-order valence-corrected chi connectivity index (χ3v) is 4.77. The Morgan fingerprint density at radius 2 is 2.23 bits per heavy atom. The molecule has 1 aromatic heterocycles. The van der Waals surface area contributed by atoms with Gasteiger partial charge in [0.1, 0.15) is 0 Å². The summed E-state index contributed by atoms with van der Waals surface area (Å²) in [7, 11) is 0. The number of hydrogen-bond acceptors (Lipinski definition) is 1. The molecule has 4 heteroatoms. The molecule has 0 spiro atoms. The van der Waals surface area contributed by atoms with E-state index in [0.717, 1.165) is 4.47 Å². The lowest BCUT2D eigenvalue weighted by Crippen LogP contribution is -1.80. The molecule has 0 bridgehead atoms. The molecule has 13 heavy (non-hydrogen) atoms. The fraction of sp³-hybridized carbons (Fsp3) is 0.111. The standard InChI is InChI=1S/C9H5BrClIS/c10-6-1-5(3-11)9-7(12)4-13-8(9)2-6/h1-2,4H,3H2. The highest BCUT2D eigenvalue weighted by atomic mass is 127. The SMILES string of the molecule is ClCc1cc(Br)cc2scc(I)c12. The number of rotatable bonds is 1. The molecule has 0 N–H and O–H groups in total. The number of benzene rings is 1. The molecule has 1 heterocycles. The summed E-state index contributed by atoms with van der Waals surface area (Å²) in [6, 6.07) is 4.22. The minimum Gasteiger partial charge on any atom is -0.143 e. The average Bonchev–Trinajstić information content (AvgIpc) is 2.46. The van der Waals surface area contributed by atoms with Crippen LogP contribution in [0.15, 0.2) is 22.0 Å². The Labute approximate surface area is 108 Å². The minimum atomic E-state index is 0.572. The van der Waals surface area contributed by atoms with Crippen LogP contribution in [0.2, 0.25) is 0 Å². The van der Waals surface area contributed by atoms with Crippen LogP contribution in [0.5, 0.6) is 0 Å². The van der Waals surface area contributed by atoms with Crippen molar-refractivity contribution in [2.24, 2.45) is 0 Å². The summed E-state index contributed by atoms with van der Waals surface area (Å²) in [5.74, 6) is 0.572. The van der Waals surface area contributed by atoms with Gasteiger partial charge in [0.2, 0.25) is 0 Å². The summed E-state index contributed by atoms with van der Waals surface area (Å²) in [6.07, 6.45) is 0. The van der Waals surface area contributed by atoms with E-state index in [2.05, 4.69) is 56.0 Å². The molecule has 0 aliphatic rings. The third kappa shape index (κ3) is 1.89. The molecule has 0 aliphatic carbocycles. The zero-order chi connectivity index (χ0) is 9.42. The molecule has 0 unspecified atom stereocenters. The van der Waals surface area contributed by atoms with Gasteiger partial charge >= 0.3 is 0 Å². The molecule has 2 rings (SSSR count). The van der Waals surface area contributed by atoms with Crippen LogP contribution in [-0.2, 0) is 5.88 Å². The lowest BCUT2D eigenvalue weighted by atomic mass is 10.1. The van der Waals surface area contributed by atoms with E-state index in [1.54, 1.807) is 11.3 Å². The number of hydrogen-bond donors (Lipinski definition) is 0. The first-order valence-corrected chi connectivity index (χ1v) is 6.92. The lowest BCUT2D eigenvalue weighted by Gasteiger charge is -2.00. The van der Waals surface area contributed by atoms with Crippen molar-refractivity contribution in [1.82, 2.24) is 0 Å². The second-order valence-corrected chi connectivity index (χ2v) is 5.91. The van der Waals surface area contributed by atoms with Crippen LogP contribution in [0, 0.1) is 3.57 Å². The number of thiophene rings is 1. The van der Waals surface area contributed by atoms with E-state index in [1.165, 1.54) is 19.2 Å². The van der Waals surface area contributed by atoms with Gasteiger partial charge in [0.25, 0.3) is 0 Å². The van der Waals surface area contributed by atoms with E-state index in [1.807, 2.05) is 0 Å². The maximum Gasteiger partial charge on any atom is 0.0481 e. The summed E-state index contributed by atoms with van der Waals surface area (Å²) in [5, 5.41) is 3.47. The van der Waals surface area contributed by atoms with E-state index in [0.29, 0.717) is 5.88 Å². The van der Waals surface area contributed by atoms with Crippen molar-refractivity contribution < 1.29 is 0 Å². The van der Waals surface area contributed by atoms with Crippen LogP contribution < -0.4 is 0 Å². The normalized spacial score (nSPS) is 11.0. The Bertz CT molecular complexity index is 452. The summed E-state index contributed by atoms with van der Waals surface area (Å²) in [4.78, 5) is 0. The molecule has 0 radical (unpaired) electrons. The molecule has 68 valence electrons. The first-order chi connectivity index (χ1) is 6.22. The van der Waals surface area contributed by atoms with Gasteiger partial charge in [-0.05, 0) is 40.3 Å². The van der Waals surface area contributed by atoms with Gasteiger partial charge in [0.05, 0.1) is 0 Å². The fourth-order valence-electron chi connectivity index (χ4n) is 1.28. The van der Waals surface area contributed by atoms with Crippen LogP contribution in [-0.4, -0.2) is 0 Å². The van der Waals surface area contributed by atoms with Gasteiger partial charge in [-0.1, -0.05) is 15.9 Å². The smallest absolute Gasteiger partial charge is 0.0481 e. The van der Waals surface area contributed by atoms with Gasteiger partial charge in [-0.3, -0.25) is 0 Å². The number of alkyl halides is 1. The Kier molecular flexibility index (Phi) is 3.18. The number of halogens is 3. The molecule has 0 amide bonds. The Morgan fingerprint density at radius 3 is 2.92 bits per heavy atom. The van der Waals surface area contributed by atoms with Crippen LogP contribution >= 0.6 is 61.5 Å². The maximum absolute atomic E-state index is 5.89. The van der Waals surface area contributed by atoms with Crippen LogP contribution in [0.25, 0.3) is 10.1 Å². The molecule has 1 aromatic carbocycles. The topological polar surface area (TPSA) is 0 Å². The van der Waals surface area contributed by atoms with Gasteiger partial charge in [0.15, 0.2) is 0 Å². The number of fused-ring (bicyclic) bond motifs is 1. The second kappa shape index (κ2) is 4.04. The first-order valence-electron chi connectivity index (χ1n) is 3.63. The maximum atomic E-state index is 5.89. The molecule has 0 atom stereocenters. The first kappa shape index (κ1) is 10.2. The molecule has 0 fully saturated rings.